The van der Waals surface area contributed by atoms with Crippen molar-refractivity contribution in [1.29, 1.82) is 0 Å². The SMILES string of the molecule is COc1ccc(C(c2c(C)[nH]c3ccccc23)N2CCC(C)CC2)cc1OC. The lowest BCUT2D eigenvalue weighted by atomic mass is 9.90. The van der Waals surface area contributed by atoms with E-state index in [0.717, 1.165) is 30.5 Å². The number of para-hydroxylation sites is 1. The van der Waals surface area contributed by atoms with Crippen molar-refractivity contribution in [2.24, 2.45) is 5.92 Å². The van der Waals surface area contributed by atoms with Gasteiger partial charge in [0.1, 0.15) is 0 Å². The zero-order valence-electron chi connectivity index (χ0n) is 17.3. The fourth-order valence-corrected chi connectivity index (χ4v) is 4.52. The standard InChI is InChI=1S/C24H30N2O2/c1-16-11-13-26(14-12-16)24(18-9-10-21(27-3)22(15-18)28-4)23-17(2)25-20-8-6-5-7-19(20)23/h5-10,15-16,24-25H,11-14H2,1-4H3. The molecule has 4 heteroatoms. The quantitative estimate of drug-likeness (QED) is 0.653. The molecule has 0 aliphatic carbocycles. The number of aromatic amines is 1. The van der Waals surface area contributed by atoms with Crippen molar-refractivity contribution >= 4 is 10.9 Å². The van der Waals surface area contributed by atoms with Gasteiger partial charge in [-0.1, -0.05) is 31.2 Å². The second kappa shape index (κ2) is 7.88. The van der Waals surface area contributed by atoms with Crippen LogP contribution in [-0.4, -0.2) is 37.2 Å². The van der Waals surface area contributed by atoms with Crippen LogP contribution in [0.3, 0.4) is 0 Å². The van der Waals surface area contributed by atoms with Crippen LogP contribution >= 0.6 is 0 Å². The van der Waals surface area contributed by atoms with Crippen LogP contribution in [0.15, 0.2) is 42.5 Å². The first-order valence-electron chi connectivity index (χ1n) is 10.2. The molecule has 1 N–H and O–H groups in total. The van der Waals surface area contributed by atoms with Gasteiger partial charge in [0.2, 0.25) is 0 Å². The summed E-state index contributed by atoms with van der Waals surface area (Å²) in [6, 6.07) is 15.2. The summed E-state index contributed by atoms with van der Waals surface area (Å²) in [5.41, 5.74) is 5.06. The Kier molecular flexibility index (Phi) is 5.31. The van der Waals surface area contributed by atoms with Crippen LogP contribution in [0.4, 0.5) is 0 Å². The van der Waals surface area contributed by atoms with Gasteiger partial charge in [-0.15, -0.1) is 0 Å². The zero-order valence-corrected chi connectivity index (χ0v) is 17.3. The van der Waals surface area contributed by atoms with Gasteiger partial charge in [0.25, 0.3) is 0 Å². The lowest BCUT2D eigenvalue weighted by Crippen LogP contribution is -2.37. The van der Waals surface area contributed by atoms with Gasteiger partial charge in [0.05, 0.1) is 20.3 Å². The minimum absolute atomic E-state index is 0.198. The summed E-state index contributed by atoms with van der Waals surface area (Å²) < 4.78 is 11.1. The number of rotatable bonds is 5. The Morgan fingerprint density at radius 1 is 1.00 bits per heavy atom. The molecule has 1 unspecified atom stereocenters. The lowest BCUT2D eigenvalue weighted by Gasteiger charge is -2.37. The molecule has 1 aliphatic heterocycles. The van der Waals surface area contributed by atoms with Gasteiger partial charge in [0, 0.05) is 22.2 Å². The smallest absolute Gasteiger partial charge is 0.161 e. The Morgan fingerprint density at radius 2 is 1.71 bits per heavy atom. The molecule has 2 aromatic carbocycles. The first-order chi connectivity index (χ1) is 13.6. The third kappa shape index (κ3) is 3.37. The van der Waals surface area contributed by atoms with Crippen molar-refractivity contribution in [1.82, 2.24) is 9.88 Å². The van der Waals surface area contributed by atoms with Crippen LogP contribution in [0, 0.1) is 12.8 Å². The molecule has 1 aromatic heterocycles. The van der Waals surface area contributed by atoms with E-state index < -0.39 is 0 Å². The number of likely N-dealkylation sites (tertiary alicyclic amines) is 1. The topological polar surface area (TPSA) is 37.5 Å². The summed E-state index contributed by atoms with van der Waals surface area (Å²) >= 11 is 0. The van der Waals surface area contributed by atoms with E-state index in [9.17, 15) is 0 Å². The van der Waals surface area contributed by atoms with E-state index in [1.54, 1.807) is 14.2 Å². The highest BCUT2D eigenvalue weighted by Gasteiger charge is 2.30. The van der Waals surface area contributed by atoms with E-state index in [1.807, 2.05) is 6.07 Å². The number of ether oxygens (including phenoxy) is 2. The number of piperidine rings is 1. The number of H-pyrrole nitrogens is 1. The van der Waals surface area contributed by atoms with Crippen molar-refractivity contribution < 1.29 is 9.47 Å². The summed E-state index contributed by atoms with van der Waals surface area (Å²) in [4.78, 5) is 6.22. The van der Waals surface area contributed by atoms with E-state index in [2.05, 4.69) is 60.1 Å². The second-order valence-corrected chi connectivity index (χ2v) is 7.94. The highest BCUT2D eigenvalue weighted by atomic mass is 16.5. The van der Waals surface area contributed by atoms with Gasteiger partial charge in [-0.2, -0.15) is 0 Å². The molecule has 0 bridgehead atoms. The monoisotopic (exact) mass is 378 g/mol. The highest BCUT2D eigenvalue weighted by Crippen LogP contribution is 2.40. The molecule has 1 aliphatic rings. The number of benzene rings is 2. The van der Waals surface area contributed by atoms with E-state index in [4.69, 9.17) is 9.47 Å². The second-order valence-electron chi connectivity index (χ2n) is 7.94. The molecular formula is C24H30N2O2. The molecule has 1 fully saturated rings. The third-order valence-electron chi connectivity index (χ3n) is 6.12. The first kappa shape index (κ1) is 18.9. The van der Waals surface area contributed by atoms with Gasteiger partial charge in [0.15, 0.2) is 11.5 Å². The Labute approximate surface area is 167 Å². The van der Waals surface area contributed by atoms with Gasteiger partial charge in [-0.25, -0.2) is 0 Å². The maximum absolute atomic E-state index is 5.62. The number of hydrogen-bond donors (Lipinski definition) is 1. The van der Waals surface area contributed by atoms with Crippen molar-refractivity contribution in [2.45, 2.75) is 32.7 Å². The molecule has 0 spiro atoms. The highest BCUT2D eigenvalue weighted by molar-refractivity contribution is 5.85. The molecule has 0 radical (unpaired) electrons. The Balaban J connectivity index is 1.86. The van der Waals surface area contributed by atoms with Gasteiger partial charge in [-0.05, 0) is 62.5 Å². The van der Waals surface area contributed by atoms with Gasteiger partial charge >= 0.3 is 0 Å². The van der Waals surface area contributed by atoms with Crippen molar-refractivity contribution in [3.63, 3.8) is 0 Å². The van der Waals surface area contributed by atoms with Crippen LogP contribution in [0.1, 0.15) is 42.6 Å². The Morgan fingerprint density at radius 3 is 2.43 bits per heavy atom. The molecule has 1 saturated heterocycles. The Hall–Kier alpha value is -2.46. The summed E-state index contributed by atoms with van der Waals surface area (Å²) in [7, 11) is 3.39. The fraction of sp³-hybridized carbons (Fsp3) is 0.417. The van der Waals surface area contributed by atoms with E-state index in [0.29, 0.717) is 0 Å². The largest absolute Gasteiger partial charge is 0.493 e. The molecule has 1 atom stereocenters. The minimum atomic E-state index is 0.198. The first-order valence-corrected chi connectivity index (χ1v) is 10.2. The number of nitrogens with zero attached hydrogens (tertiary/aromatic N) is 1. The van der Waals surface area contributed by atoms with Crippen LogP contribution in [0.5, 0.6) is 11.5 Å². The molecule has 148 valence electrons. The molecule has 4 nitrogen and oxygen atoms in total. The maximum Gasteiger partial charge on any atom is 0.161 e. The fourth-order valence-electron chi connectivity index (χ4n) is 4.52. The van der Waals surface area contributed by atoms with Crippen molar-refractivity contribution in [2.75, 3.05) is 27.3 Å². The number of methoxy groups -OCH3 is 2. The van der Waals surface area contributed by atoms with E-state index in [-0.39, 0.29) is 6.04 Å². The van der Waals surface area contributed by atoms with Crippen LogP contribution < -0.4 is 9.47 Å². The van der Waals surface area contributed by atoms with Gasteiger partial charge < -0.3 is 14.5 Å². The molecule has 4 rings (SSSR count). The number of nitrogens with one attached hydrogen (secondary N) is 1. The molecular weight excluding hydrogens is 348 g/mol. The predicted octanol–water partition coefficient (Wildman–Crippen LogP) is 5.31. The Bertz CT molecular complexity index is 954. The van der Waals surface area contributed by atoms with Crippen LogP contribution in [-0.2, 0) is 0 Å². The molecule has 3 aromatic rings. The lowest BCUT2D eigenvalue weighted by molar-refractivity contribution is 0.158. The number of hydrogen-bond acceptors (Lipinski definition) is 3. The summed E-state index contributed by atoms with van der Waals surface area (Å²) in [5.74, 6) is 2.35. The summed E-state index contributed by atoms with van der Waals surface area (Å²) in [6.07, 6.45) is 2.48. The molecule has 0 amide bonds. The number of aryl methyl sites for hydroxylation is 1. The average molecular weight is 379 g/mol. The summed E-state index contributed by atoms with van der Waals surface area (Å²) in [5, 5.41) is 1.30. The van der Waals surface area contributed by atoms with Gasteiger partial charge in [-0.3, -0.25) is 4.90 Å². The third-order valence-corrected chi connectivity index (χ3v) is 6.12. The minimum Gasteiger partial charge on any atom is -0.493 e. The number of aromatic nitrogens is 1. The number of fused-ring (bicyclic) bond motifs is 1. The van der Waals surface area contributed by atoms with Crippen LogP contribution in [0.2, 0.25) is 0 Å². The predicted molar refractivity (Wildman–Crippen MR) is 114 cm³/mol. The summed E-state index contributed by atoms with van der Waals surface area (Å²) in [6.45, 7) is 6.77. The average Bonchev–Trinajstić information content (AvgIpc) is 3.05. The maximum atomic E-state index is 5.62. The van der Waals surface area contributed by atoms with Crippen molar-refractivity contribution in [3.05, 3.63) is 59.3 Å². The van der Waals surface area contributed by atoms with E-state index in [1.165, 1.54) is 40.6 Å². The zero-order chi connectivity index (χ0) is 19.7. The normalized spacial score (nSPS) is 17.0. The molecule has 0 saturated carbocycles. The molecule has 2 heterocycles. The van der Waals surface area contributed by atoms with E-state index >= 15 is 0 Å². The van der Waals surface area contributed by atoms with Crippen molar-refractivity contribution in [3.8, 4) is 11.5 Å². The molecule has 28 heavy (non-hydrogen) atoms. The van der Waals surface area contributed by atoms with Crippen LogP contribution in [0.25, 0.3) is 10.9 Å².